The fourth-order valence-electron chi connectivity index (χ4n) is 0.267. The Morgan fingerprint density at radius 3 is 2.90 bits per heavy atom. The lowest BCUT2D eigenvalue weighted by molar-refractivity contribution is 0.324. The zero-order valence-corrected chi connectivity index (χ0v) is 7.15. The topological polar surface area (TPSA) is 58.9 Å². The molecule has 0 saturated heterocycles. The van der Waals surface area contributed by atoms with Crippen molar-refractivity contribution in [3.05, 3.63) is 0 Å². The Morgan fingerprint density at radius 1 is 1.90 bits per heavy atom. The summed E-state index contributed by atoms with van der Waals surface area (Å²) in [6.07, 6.45) is 3.03. The molecule has 0 aromatic rings. The third-order valence-corrected chi connectivity index (χ3v) is 1.09. The van der Waals surface area contributed by atoms with E-state index in [4.69, 9.17) is 4.55 Å². The molecule has 0 aromatic heterocycles. The molecule has 0 saturated carbocycles. The maximum absolute atomic E-state index is 10.2. The molecular formula is C4H9NO3S2. The van der Waals surface area contributed by atoms with Crippen molar-refractivity contribution in [2.75, 3.05) is 0 Å². The van der Waals surface area contributed by atoms with Gasteiger partial charge in [0, 0.05) is 6.21 Å². The van der Waals surface area contributed by atoms with E-state index in [2.05, 4.69) is 20.6 Å². The van der Waals surface area contributed by atoms with Gasteiger partial charge in [-0.25, -0.2) is 0 Å². The van der Waals surface area contributed by atoms with Crippen LogP contribution in [0.25, 0.3) is 0 Å². The van der Waals surface area contributed by atoms with E-state index in [-0.39, 0.29) is 0 Å². The van der Waals surface area contributed by atoms with E-state index >= 15 is 0 Å². The Morgan fingerprint density at radius 2 is 2.50 bits per heavy atom. The summed E-state index contributed by atoms with van der Waals surface area (Å²) < 4.78 is 22.5. The van der Waals surface area contributed by atoms with Crippen LogP contribution in [0.3, 0.4) is 0 Å². The molecule has 6 heteroatoms. The molecule has 60 valence electrons. The predicted molar refractivity (Wildman–Crippen MR) is 42.6 cm³/mol. The van der Waals surface area contributed by atoms with Gasteiger partial charge in [0.15, 0.2) is 0 Å². The van der Waals surface area contributed by atoms with Gasteiger partial charge in [-0.15, -0.1) is 0 Å². The average molecular weight is 183 g/mol. The minimum atomic E-state index is -3.57. The molecule has 0 aromatic carbocycles. The SMILES string of the molecule is CCCC=NOS(=O)(O)=S. The summed E-state index contributed by atoms with van der Waals surface area (Å²) in [4.78, 5) is 0. The van der Waals surface area contributed by atoms with Crippen LogP contribution < -0.4 is 0 Å². The Balaban J connectivity index is 3.55. The second-order valence-electron chi connectivity index (χ2n) is 1.58. The Kier molecular flexibility index (Phi) is 4.50. The number of unbranched alkanes of at least 4 members (excludes halogenated alkanes) is 1. The normalized spacial score (nSPS) is 17.0. The molecule has 10 heavy (non-hydrogen) atoms. The molecule has 0 bridgehead atoms. The summed E-state index contributed by atoms with van der Waals surface area (Å²) in [6, 6.07) is 0. The molecule has 0 aliphatic carbocycles. The summed E-state index contributed by atoms with van der Waals surface area (Å²) in [7, 11) is -3.57. The molecule has 0 aliphatic heterocycles. The van der Waals surface area contributed by atoms with Crippen molar-refractivity contribution in [1.29, 1.82) is 0 Å². The number of rotatable bonds is 4. The van der Waals surface area contributed by atoms with Gasteiger partial charge in [-0.3, -0.25) is 8.84 Å². The Hall–Kier alpha value is -0.200. The van der Waals surface area contributed by atoms with Crippen molar-refractivity contribution in [3.8, 4) is 0 Å². The fourth-order valence-corrected chi connectivity index (χ4v) is 0.542. The molecule has 4 nitrogen and oxygen atoms in total. The van der Waals surface area contributed by atoms with E-state index < -0.39 is 9.05 Å². The second-order valence-corrected chi connectivity index (χ2v) is 3.85. The summed E-state index contributed by atoms with van der Waals surface area (Å²) in [5.74, 6) is 0. The molecule has 0 aliphatic rings. The number of nitrogens with zero attached hydrogens (tertiary/aromatic N) is 1. The number of hydrogen-bond acceptors (Lipinski definition) is 4. The summed E-state index contributed by atoms with van der Waals surface area (Å²) in [5, 5.41) is 3.18. The largest absolute Gasteiger partial charge is 0.331 e. The molecule has 0 radical (unpaired) electrons. The van der Waals surface area contributed by atoms with E-state index in [0.29, 0.717) is 6.42 Å². The third-order valence-electron chi connectivity index (χ3n) is 0.630. The van der Waals surface area contributed by atoms with Crippen LogP contribution in [0.2, 0.25) is 0 Å². The minimum Gasteiger partial charge on any atom is -0.275 e. The average Bonchev–Trinajstić information content (AvgIpc) is 1.78. The van der Waals surface area contributed by atoms with Crippen LogP contribution in [0.1, 0.15) is 19.8 Å². The molecule has 0 spiro atoms. The van der Waals surface area contributed by atoms with E-state index in [1.54, 1.807) is 0 Å². The molecular weight excluding hydrogens is 174 g/mol. The van der Waals surface area contributed by atoms with Crippen LogP contribution in [0.4, 0.5) is 0 Å². The first-order chi connectivity index (χ1) is 4.56. The maximum Gasteiger partial charge on any atom is 0.331 e. The van der Waals surface area contributed by atoms with Crippen LogP contribution >= 0.6 is 0 Å². The molecule has 1 N–H and O–H groups in total. The fraction of sp³-hybridized carbons (Fsp3) is 0.750. The van der Waals surface area contributed by atoms with Crippen molar-refractivity contribution in [3.63, 3.8) is 0 Å². The lowest BCUT2D eigenvalue weighted by Crippen LogP contribution is -1.95. The van der Waals surface area contributed by atoms with Gasteiger partial charge in [0.2, 0.25) is 0 Å². The Labute approximate surface area is 65.0 Å². The summed E-state index contributed by atoms with van der Waals surface area (Å²) in [6.45, 7) is 1.95. The molecule has 0 heterocycles. The van der Waals surface area contributed by atoms with Crippen LogP contribution in [-0.4, -0.2) is 15.0 Å². The number of hydrogen-bond donors (Lipinski definition) is 1. The van der Waals surface area contributed by atoms with Crippen LogP contribution in [0, 0.1) is 0 Å². The highest BCUT2D eigenvalue weighted by atomic mass is 32.9. The van der Waals surface area contributed by atoms with Gasteiger partial charge in [0.05, 0.1) is 11.2 Å². The maximum atomic E-state index is 10.2. The van der Waals surface area contributed by atoms with Gasteiger partial charge in [-0.05, 0) is 6.42 Å². The van der Waals surface area contributed by atoms with E-state index in [1.807, 2.05) is 6.92 Å². The van der Waals surface area contributed by atoms with Gasteiger partial charge in [-0.1, -0.05) is 18.5 Å². The van der Waals surface area contributed by atoms with Gasteiger partial charge >= 0.3 is 9.05 Å². The second kappa shape index (κ2) is 4.59. The molecule has 0 amide bonds. The smallest absolute Gasteiger partial charge is 0.275 e. The third kappa shape index (κ3) is 7.80. The lowest BCUT2D eigenvalue weighted by atomic mass is 10.4. The van der Waals surface area contributed by atoms with Gasteiger partial charge in [-0.2, -0.15) is 4.21 Å². The van der Waals surface area contributed by atoms with Gasteiger partial charge < -0.3 is 0 Å². The van der Waals surface area contributed by atoms with Crippen molar-refractivity contribution in [1.82, 2.24) is 0 Å². The standard InChI is InChI=1S/C4H9NO3S2/c1-2-3-4-5-8-10(6,7)9/h4H,2-3H2,1H3,(H,6,7,9). The highest BCUT2D eigenvalue weighted by Crippen LogP contribution is 1.88. The van der Waals surface area contributed by atoms with E-state index in [1.165, 1.54) is 6.21 Å². The molecule has 1 atom stereocenters. The first kappa shape index (κ1) is 9.80. The van der Waals surface area contributed by atoms with Crippen molar-refractivity contribution in [2.24, 2.45) is 5.16 Å². The Bertz CT molecular complexity index is 197. The zero-order chi connectivity index (χ0) is 8.04. The highest BCUT2D eigenvalue weighted by Gasteiger charge is 1.93. The molecule has 1 unspecified atom stereocenters. The molecule has 0 fully saturated rings. The first-order valence-corrected chi connectivity index (χ1v) is 5.10. The van der Waals surface area contributed by atoms with Crippen LogP contribution in [-0.2, 0) is 24.5 Å². The van der Waals surface area contributed by atoms with E-state index in [9.17, 15) is 4.21 Å². The quantitative estimate of drug-likeness (QED) is 0.520. The summed E-state index contributed by atoms with van der Waals surface area (Å²) in [5.41, 5.74) is 0. The van der Waals surface area contributed by atoms with Gasteiger partial charge in [0.1, 0.15) is 0 Å². The lowest BCUT2D eigenvalue weighted by Gasteiger charge is -1.91. The summed E-state index contributed by atoms with van der Waals surface area (Å²) >= 11 is 3.98. The van der Waals surface area contributed by atoms with Crippen molar-refractivity contribution < 1.29 is 13.0 Å². The minimum absolute atomic E-state index is 0.713. The zero-order valence-electron chi connectivity index (χ0n) is 5.52. The number of oxime groups is 1. The van der Waals surface area contributed by atoms with Crippen molar-refractivity contribution in [2.45, 2.75) is 19.8 Å². The van der Waals surface area contributed by atoms with Crippen molar-refractivity contribution >= 4 is 26.5 Å². The highest BCUT2D eigenvalue weighted by molar-refractivity contribution is 8.27. The van der Waals surface area contributed by atoms with Crippen LogP contribution in [0.15, 0.2) is 5.16 Å². The molecule has 0 rings (SSSR count). The predicted octanol–water partition coefficient (Wildman–Crippen LogP) is 0.923. The first-order valence-electron chi connectivity index (χ1n) is 2.74. The van der Waals surface area contributed by atoms with Crippen LogP contribution in [0.5, 0.6) is 0 Å². The van der Waals surface area contributed by atoms with E-state index in [0.717, 1.165) is 6.42 Å². The monoisotopic (exact) mass is 183 g/mol. The van der Waals surface area contributed by atoms with Gasteiger partial charge in [0.25, 0.3) is 0 Å².